The monoisotopic (exact) mass is 471 g/mol. The predicted octanol–water partition coefficient (Wildman–Crippen LogP) is 4.11. The minimum Gasteiger partial charge on any atom is -0.493 e. The number of amides is 1. The quantitative estimate of drug-likeness (QED) is 0.492. The smallest absolute Gasteiger partial charge is 0.254 e. The molecule has 0 bridgehead atoms. The van der Waals surface area contributed by atoms with Crippen molar-refractivity contribution in [1.29, 1.82) is 5.26 Å². The van der Waals surface area contributed by atoms with Gasteiger partial charge in [-0.15, -0.1) is 0 Å². The second kappa shape index (κ2) is 11.4. The van der Waals surface area contributed by atoms with Crippen molar-refractivity contribution in [3.8, 4) is 23.3 Å². The summed E-state index contributed by atoms with van der Waals surface area (Å²) in [7, 11) is 3.11. The third kappa shape index (κ3) is 5.92. The van der Waals surface area contributed by atoms with Gasteiger partial charge >= 0.3 is 0 Å². The molecule has 0 saturated carbocycles. The lowest BCUT2D eigenvalue weighted by Gasteiger charge is -2.35. The Morgan fingerprint density at radius 1 is 0.886 bits per heavy atom. The fourth-order valence-electron chi connectivity index (χ4n) is 4.11. The first-order chi connectivity index (χ1) is 17.1. The SMILES string of the molecule is COc1cc(C(=O)N2CCN(Cc3ccc(C#N)cc3)CC2)cc(OC)c1OCc1ccccc1. The number of rotatable bonds is 8. The molecule has 7 heteroatoms. The van der Waals surface area contributed by atoms with Crippen LogP contribution in [0.1, 0.15) is 27.0 Å². The molecule has 1 fully saturated rings. The average molecular weight is 472 g/mol. The summed E-state index contributed by atoms with van der Waals surface area (Å²) in [5.41, 5.74) is 3.35. The third-order valence-electron chi connectivity index (χ3n) is 6.08. The summed E-state index contributed by atoms with van der Waals surface area (Å²) in [6.45, 7) is 3.97. The van der Waals surface area contributed by atoms with E-state index in [1.165, 1.54) is 0 Å². The predicted molar refractivity (Wildman–Crippen MR) is 133 cm³/mol. The van der Waals surface area contributed by atoms with Crippen molar-refractivity contribution in [3.05, 3.63) is 89.0 Å². The lowest BCUT2D eigenvalue weighted by Crippen LogP contribution is -2.48. The van der Waals surface area contributed by atoms with E-state index in [-0.39, 0.29) is 5.91 Å². The first-order valence-electron chi connectivity index (χ1n) is 11.5. The van der Waals surface area contributed by atoms with Crippen LogP contribution >= 0.6 is 0 Å². The Bertz CT molecular complexity index is 1160. The Morgan fingerprint density at radius 2 is 1.51 bits per heavy atom. The number of carbonyl (C=O) groups is 1. The van der Waals surface area contributed by atoms with Crippen LogP contribution in [0.5, 0.6) is 17.2 Å². The lowest BCUT2D eigenvalue weighted by molar-refractivity contribution is 0.0627. The van der Waals surface area contributed by atoms with Gasteiger partial charge in [-0.25, -0.2) is 0 Å². The molecule has 1 aliphatic rings. The van der Waals surface area contributed by atoms with Gasteiger partial charge in [0.1, 0.15) is 6.61 Å². The third-order valence-corrected chi connectivity index (χ3v) is 6.08. The molecule has 0 atom stereocenters. The highest BCUT2D eigenvalue weighted by molar-refractivity contribution is 5.95. The van der Waals surface area contributed by atoms with Crippen LogP contribution in [-0.4, -0.2) is 56.1 Å². The largest absolute Gasteiger partial charge is 0.493 e. The van der Waals surface area contributed by atoms with Crippen LogP contribution in [0, 0.1) is 11.3 Å². The summed E-state index contributed by atoms with van der Waals surface area (Å²) >= 11 is 0. The molecule has 4 rings (SSSR count). The number of piperazine rings is 1. The Kier molecular flexibility index (Phi) is 7.86. The van der Waals surface area contributed by atoms with Gasteiger partial charge in [-0.1, -0.05) is 42.5 Å². The van der Waals surface area contributed by atoms with E-state index in [1.807, 2.05) is 59.5 Å². The standard InChI is InChI=1S/C28H29N3O4/c1-33-25-16-24(17-26(34-2)27(25)35-20-23-6-4-3-5-7-23)28(32)31-14-12-30(13-15-31)19-22-10-8-21(18-29)9-11-22/h3-11,16-17H,12-15,19-20H2,1-2H3. The maximum Gasteiger partial charge on any atom is 0.254 e. The number of nitrogens with zero attached hydrogens (tertiary/aromatic N) is 3. The Labute approximate surface area is 206 Å². The fraction of sp³-hybridized carbons (Fsp3) is 0.286. The topological polar surface area (TPSA) is 75.0 Å². The summed E-state index contributed by atoms with van der Waals surface area (Å²) in [6.07, 6.45) is 0. The molecule has 1 heterocycles. The van der Waals surface area contributed by atoms with Crippen LogP contribution in [0.25, 0.3) is 0 Å². The molecule has 1 amide bonds. The summed E-state index contributed by atoms with van der Waals surface area (Å²) in [4.78, 5) is 17.5. The maximum atomic E-state index is 13.3. The molecule has 0 spiro atoms. The van der Waals surface area contributed by atoms with Crippen molar-refractivity contribution in [1.82, 2.24) is 9.80 Å². The molecule has 0 radical (unpaired) electrons. The van der Waals surface area contributed by atoms with E-state index in [2.05, 4.69) is 11.0 Å². The average Bonchev–Trinajstić information content (AvgIpc) is 2.92. The van der Waals surface area contributed by atoms with Crippen molar-refractivity contribution in [2.75, 3.05) is 40.4 Å². The van der Waals surface area contributed by atoms with Crippen molar-refractivity contribution < 1.29 is 19.0 Å². The number of methoxy groups -OCH3 is 2. The first kappa shape index (κ1) is 24.1. The van der Waals surface area contributed by atoms with Crippen LogP contribution in [0.15, 0.2) is 66.7 Å². The van der Waals surface area contributed by atoms with Crippen molar-refractivity contribution in [2.24, 2.45) is 0 Å². The molecule has 35 heavy (non-hydrogen) atoms. The molecule has 7 nitrogen and oxygen atoms in total. The molecule has 1 aliphatic heterocycles. The van der Waals surface area contributed by atoms with Gasteiger partial charge in [-0.2, -0.15) is 5.26 Å². The minimum atomic E-state index is -0.0609. The Morgan fingerprint density at radius 3 is 2.09 bits per heavy atom. The number of ether oxygens (including phenoxy) is 3. The van der Waals surface area contributed by atoms with Crippen LogP contribution in [0.3, 0.4) is 0 Å². The van der Waals surface area contributed by atoms with Gasteiger partial charge in [0.05, 0.1) is 25.9 Å². The molecule has 1 saturated heterocycles. The van der Waals surface area contributed by atoms with Crippen LogP contribution in [0.2, 0.25) is 0 Å². The molecular formula is C28H29N3O4. The molecular weight excluding hydrogens is 442 g/mol. The second-order valence-corrected chi connectivity index (χ2v) is 8.36. The van der Waals surface area contributed by atoms with Gasteiger partial charge in [0.15, 0.2) is 11.5 Å². The number of carbonyl (C=O) groups excluding carboxylic acids is 1. The van der Waals surface area contributed by atoms with Gasteiger partial charge in [-0.3, -0.25) is 9.69 Å². The summed E-state index contributed by atoms with van der Waals surface area (Å²) in [6, 6.07) is 23.1. The van der Waals surface area contributed by atoms with Gasteiger partial charge in [0, 0.05) is 38.3 Å². The van der Waals surface area contributed by atoms with E-state index in [0.29, 0.717) is 48.1 Å². The van der Waals surface area contributed by atoms with E-state index < -0.39 is 0 Å². The number of hydrogen-bond donors (Lipinski definition) is 0. The fourth-order valence-corrected chi connectivity index (χ4v) is 4.11. The van der Waals surface area contributed by atoms with Crippen molar-refractivity contribution in [2.45, 2.75) is 13.2 Å². The second-order valence-electron chi connectivity index (χ2n) is 8.36. The van der Waals surface area contributed by atoms with Gasteiger partial charge in [0.2, 0.25) is 5.75 Å². The summed E-state index contributed by atoms with van der Waals surface area (Å²) < 4.78 is 17.1. The maximum absolute atomic E-state index is 13.3. The minimum absolute atomic E-state index is 0.0609. The van der Waals surface area contributed by atoms with Gasteiger partial charge < -0.3 is 19.1 Å². The molecule has 0 N–H and O–H groups in total. The number of hydrogen-bond acceptors (Lipinski definition) is 6. The zero-order chi connectivity index (χ0) is 24.6. The zero-order valence-electron chi connectivity index (χ0n) is 20.1. The molecule has 180 valence electrons. The highest BCUT2D eigenvalue weighted by Gasteiger charge is 2.25. The Hall–Kier alpha value is -4.02. The molecule has 0 aliphatic carbocycles. The van der Waals surface area contributed by atoms with Gasteiger partial charge in [0.25, 0.3) is 5.91 Å². The summed E-state index contributed by atoms with van der Waals surface area (Å²) in [5, 5.41) is 8.96. The van der Waals surface area contributed by atoms with E-state index in [1.54, 1.807) is 26.4 Å². The highest BCUT2D eigenvalue weighted by Crippen LogP contribution is 2.39. The van der Waals surface area contributed by atoms with E-state index in [0.717, 1.165) is 30.8 Å². The van der Waals surface area contributed by atoms with E-state index in [4.69, 9.17) is 19.5 Å². The van der Waals surface area contributed by atoms with Crippen molar-refractivity contribution in [3.63, 3.8) is 0 Å². The van der Waals surface area contributed by atoms with Crippen LogP contribution in [-0.2, 0) is 13.2 Å². The van der Waals surface area contributed by atoms with Crippen molar-refractivity contribution >= 4 is 5.91 Å². The van der Waals surface area contributed by atoms with Gasteiger partial charge in [-0.05, 0) is 35.4 Å². The summed E-state index contributed by atoms with van der Waals surface area (Å²) in [5.74, 6) is 1.34. The normalized spacial score (nSPS) is 13.7. The zero-order valence-corrected chi connectivity index (χ0v) is 20.1. The van der Waals surface area contributed by atoms with E-state index in [9.17, 15) is 4.79 Å². The highest BCUT2D eigenvalue weighted by atomic mass is 16.5. The number of nitriles is 1. The first-order valence-corrected chi connectivity index (χ1v) is 11.5. The molecule has 3 aromatic rings. The lowest BCUT2D eigenvalue weighted by atomic mass is 10.1. The van der Waals surface area contributed by atoms with Crippen LogP contribution in [0.4, 0.5) is 0 Å². The van der Waals surface area contributed by atoms with Crippen LogP contribution < -0.4 is 14.2 Å². The molecule has 3 aromatic carbocycles. The number of benzene rings is 3. The molecule has 0 aromatic heterocycles. The molecule has 0 unspecified atom stereocenters. The Balaban J connectivity index is 1.41. The van der Waals surface area contributed by atoms with E-state index >= 15 is 0 Å².